The van der Waals surface area contributed by atoms with E-state index in [-0.39, 0.29) is 5.91 Å². The summed E-state index contributed by atoms with van der Waals surface area (Å²) in [4.78, 5) is 27.0. The average Bonchev–Trinajstić information content (AvgIpc) is 3.56. The Hall–Kier alpha value is -4.50. The van der Waals surface area contributed by atoms with Gasteiger partial charge in [0.1, 0.15) is 23.1 Å². The first-order valence-electron chi connectivity index (χ1n) is 12.3. The van der Waals surface area contributed by atoms with Gasteiger partial charge in [-0.3, -0.25) is 9.69 Å². The maximum absolute atomic E-state index is 13.7. The second-order valence-electron chi connectivity index (χ2n) is 9.19. The number of carbonyl (C=O) groups excluding carboxylic acids is 1. The Morgan fingerprint density at radius 3 is 2.46 bits per heavy atom. The molecule has 4 heterocycles. The molecule has 1 fully saturated rings. The van der Waals surface area contributed by atoms with Crippen molar-refractivity contribution < 1.29 is 9.21 Å². The zero-order valence-electron chi connectivity index (χ0n) is 20.5. The van der Waals surface area contributed by atoms with Crippen molar-refractivity contribution in [2.75, 3.05) is 31.9 Å². The minimum Gasteiger partial charge on any atom is -0.460 e. The molecule has 0 radical (unpaired) electrons. The maximum Gasteiger partial charge on any atom is 0.257 e. The third-order valence-corrected chi connectivity index (χ3v) is 6.64. The lowest BCUT2D eigenvalue weighted by Crippen LogP contribution is -2.48. The Bertz CT molecular complexity index is 1570. The van der Waals surface area contributed by atoms with E-state index in [1.165, 1.54) is 0 Å². The summed E-state index contributed by atoms with van der Waals surface area (Å²) in [7, 11) is 0. The summed E-state index contributed by atoms with van der Waals surface area (Å²) >= 11 is 0. The number of carbonyl (C=O) groups is 1. The van der Waals surface area contributed by atoms with Crippen molar-refractivity contribution in [1.29, 1.82) is 0 Å². The first-order valence-corrected chi connectivity index (χ1v) is 12.3. The van der Waals surface area contributed by atoms with E-state index in [0.717, 1.165) is 22.4 Å². The molecule has 37 heavy (non-hydrogen) atoms. The van der Waals surface area contributed by atoms with Gasteiger partial charge < -0.3 is 15.1 Å². The quantitative estimate of drug-likeness (QED) is 0.395. The van der Waals surface area contributed by atoms with E-state index in [9.17, 15) is 4.79 Å². The number of benzene rings is 2. The van der Waals surface area contributed by atoms with E-state index in [1.54, 1.807) is 10.9 Å². The van der Waals surface area contributed by atoms with Gasteiger partial charge >= 0.3 is 0 Å². The van der Waals surface area contributed by atoms with Gasteiger partial charge in [0.15, 0.2) is 5.76 Å². The Morgan fingerprint density at radius 1 is 0.946 bits per heavy atom. The number of nitrogens with two attached hydrogens (primary N) is 1. The molecule has 1 aliphatic rings. The van der Waals surface area contributed by atoms with Crippen molar-refractivity contribution in [1.82, 2.24) is 29.5 Å². The van der Waals surface area contributed by atoms with E-state index in [0.29, 0.717) is 61.4 Å². The standard InChI is InChI=1S/C28H27N7O2/c1-19-11-12-24(37-19)26-22(17-35(32-26)20-7-3-2-4-8-20)28(36)34-15-13-33(14-16-34)18-25-30-23-10-6-5-9-21(23)27(29)31-25/h2-12,17H,13-16,18H2,1H3,(H2,29,30,31). The van der Waals surface area contributed by atoms with Gasteiger partial charge in [0, 0.05) is 37.8 Å². The molecule has 9 nitrogen and oxygen atoms in total. The van der Waals surface area contributed by atoms with E-state index in [2.05, 4.69) is 14.9 Å². The monoisotopic (exact) mass is 493 g/mol. The van der Waals surface area contributed by atoms with E-state index >= 15 is 0 Å². The van der Waals surface area contributed by atoms with Crippen LogP contribution in [-0.2, 0) is 6.54 Å². The topological polar surface area (TPSA) is 106 Å². The lowest BCUT2D eigenvalue weighted by molar-refractivity contribution is 0.0626. The van der Waals surface area contributed by atoms with Crippen LogP contribution in [0.1, 0.15) is 21.9 Å². The Labute approximate surface area is 214 Å². The minimum atomic E-state index is -0.0583. The van der Waals surface area contributed by atoms with Crippen LogP contribution >= 0.6 is 0 Å². The molecule has 3 aromatic heterocycles. The molecule has 186 valence electrons. The average molecular weight is 494 g/mol. The van der Waals surface area contributed by atoms with Gasteiger partial charge in [-0.05, 0) is 43.3 Å². The van der Waals surface area contributed by atoms with Crippen molar-refractivity contribution >= 4 is 22.6 Å². The van der Waals surface area contributed by atoms with E-state index < -0.39 is 0 Å². The predicted molar refractivity (Wildman–Crippen MR) is 141 cm³/mol. The van der Waals surface area contributed by atoms with Gasteiger partial charge in [-0.25, -0.2) is 14.6 Å². The molecular weight excluding hydrogens is 466 g/mol. The Morgan fingerprint density at radius 2 is 1.70 bits per heavy atom. The van der Waals surface area contributed by atoms with Crippen LogP contribution in [-0.4, -0.2) is 61.6 Å². The predicted octanol–water partition coefficient (Wildman–Crippen LogP) is 3.92. The highest BCUT2D eigenvalue weighted by Crippen LogP contribution is 2.27. The molecule has 0 atom stereocenters. The number of aromatic nitrogens is 4. The number of fused-ring (bicyclic) bond motifs is 1. The van der Waals surface area contributed by atoms with Crippen LogP contribution in [0, 0.1) is 6.92 Å². The lowest BCUT2D eigenvalue weighted by atomic mass is 10.1. The number of nitrogen functional groups attached to an aromatic ring is 1. The lowest BCUT2D eigenvalue weighted by Gasteiger charge is -2.34. The van der Waals surface area contributed by atoms with Gasteiger partial charge in [-0.2, -0.15) is 5.10 Å². The number of anilines is 1. The van der Waals surface area contributed by atoms with Crippen molar-refractivity contribution in [2.45, 2.75) is 13.5 Å². The summed E-state index contributed by atoms with van der Waals surface area (Å²) in [6.07, 6.45) is 1.79. The van der Waals surface area contributed by atoms with Crippen molar-refractivity contribution in [3.05, 3.63) is 90.1 Å². The molecule has 1 aliphatic heterocycles. The fraction of sp³-hybridized carbons (Fsp3) is 0.214. The normalized spacial score (nSPS) is 14.4. The van der Waals surface area contributed by atoms with Gasteiger partial charge in [0.2, 0.25) is 0 Å². The van der Waals surface area contributed by atoms with Crippen LogP contribution in [0.2, 0.25) is 0 Å². The molecule has 0 saturated carbocycles. The van der Waals surface area contributed by atoms with Crippen LogP contribution in [0.15, 0.2) is 77.3 Å². The number of piperazine rings is 1. The summed E-state index contributed by atoms with van der Waals surface area (Å²) in [5, 5.41) is 5.58. The van der Waals surface area contributed by atoms with E-state index in [1.807, 2.05) is 78.6 Å². The smallest absolute Gasteiger partial charge is 0.257 e. The number of hydrogen-bond acceptors (Lipinski definition) is 7. The highest BCUT2D eigenvalue weighted by molar-refractivity contribution is 5.99. The minimum absolute atomic E-state index is 0.0583. The molecule has 0 spiro atoms. The van der Waals surface area contributed by atoms with Gasteiger partial charge in [-0.1, -0.05) is 30.3 Å². The number of para-hydroxylation sites is 2. The molecule has 0 aliphatic carbocycles. The summed E-state index contributed by atoms with van der Waals surface area (Å²) in [5.74, 6) is 2.48. The number of rotatable bonds is 5. The number of nitrogens with zero attached hydrogens (tertiary/aromatic N) is 6. The van der Waals surface area contributed by atoms with Crippen molar-refractivity contribution in [3.8, 4) is 17.1 Å². The third kappa shape index (κ3) is 4.56. The second-order valence-corrected chi connectivity index (χ2v) is 9.19. The maximum atomic E-state index is 13.7. The van der Waals surface area contributed by atoms with Gasteiger partial charge in [0.25, 0.3) is 5.91 Å². The summed E-state index contributed by atoms with van der Waals surface area (Å²) in [6.45, 7) is 5.07. The second kappa shape index (κ2) is 9.51. The summed E-state index contributed by atoms with van der Waals surface area (Å²) in [5.41, 5.74) is 8.95. The Kier molecular flexibility index (Phi) is 5.90. The fourth-order valence-corrected chi connectivity index (χ4v) is 4.69. The van der Waals surface area contributed by atoms with Crippen LogP contribution in [0.25, 0.3) is 28.0 Å². The molecule has 9 heteroatoms. The number of amides is 1. The van der Waals surface area contributed by atoms with Gasteiger partial charge in [0.05, 0.1) is 23.3 Å². The van der Waals surface area contributed by atoms with Crippen LogP contribution < -0.4 is 5.73 Å². The molecule has 2 N–H and O–H groups in total. The SMILES string of the molecule is Cc1ccc(-c2nn(-c3ccccc3)cc2C(=O)N2CCN(Cc3nc(N)c4ccccc4n3)CC2)o1. The summed E-state index contributed by atoms with van der Waals surface area (Å²) in [6, 6.07) is 21.2. The largest absolute Gasteiger partial charge is 0.460 e. The Balaban J connectivity index is 1.20. The highest BCUT2D eigenvalue weighted by Gasteiger charge is 2.28. The van der Waals surface area contributed by atoms with Crippen LogP contribution in [0.4, 0.5) is 5.82 Å². The molecular formula is C28H27N7O2. The molecule has 6 rings (SSSR count). The molecule has 1 saturated heterocycles. The van der Waals surface area contributed by atoms with Crippen LogP contribution in [0.3, 0.4) is 0 Å². The zero-order valence-corrected chi connectivity index (χ0v) is 20.5. The van der Waals surface area contributed by atoms with Crippen LogP contribution in [0.5, 0.6) is 0 Å². The molecule has 5 aromatic rings. The van der Waals surface area contributed by atoms with Crippen molar-refractivity contribution in [3.63, 3.8) is 0 Å². The van der Waals surface area contributed by atoms with Gasteiger partial charge in [-0.15, -0.1) is 0 Å². The number of furan rings is 1. The first-order chi connectivity index (χ1) is 18.0. The number of hydrogen-bond donors (Lipinski definition) is 1. The van der Waals surface area contributed by atoms with Crippen molar-refractivity contribution in [2.24, 2.45) is 0 Å². The molecule has 0 bridgehead atoms. The van der Waals surface area contributed by atoms with E-state index in [4.69, 9.17) is 15.2 Å². The summed E-state index contributed by atoms with van der Waals surface area (Å²) < 4.78 is 7.58. The zero-order chi connectivity index (χ0) is 25.4. The molecule has 1 amide bonds. The number of aryl methyl sites for hydroxylation is 1. The fourth-order valence-electron chi connectivity index (χ4n) is 4.69. The third-order valence-electron chi connectivity index (χ3n) is 6.64. The molecule has 0 unspecified atom stereocenters. The first kappa shape index (κ1) is 22.9. The molecule has 2 aromatic carbocycles. The highest BCUT2D eigenvalue weighted by atomic mass is 16.3.